The number of alkyl halides is 1. The zero-order valence-electron chi connectivity index (χ0n) is 35.1. The van der Waals surface area contributed by atoms with Gasteiger partial charge in [0.1, 0.15) is 0 Å². The molecule has 5 aromatic rings. The first kappa shape index (κ1) is 43.4. The lowest BCUT2D eigenvalue weighted by Gasteiger charge is -2.39. The Morgan fingerprint density at radius 3 is 2.39 bits per heavy atom. The second-order valence-electron chi connectivity index (χ2n) is 17.4. The fraction of sp³-hybridized carbons (Fsp3) is 0.447. The van der Waals surface area contributed by atoms with E-state index in [2.05, 4.69) is 37.4 Å². The molecular weight excluding hydrogens is 811 g/mol. The largest absolute Gasteiger partial charge is 0.388 e. The highest BCUT2D eigenvalue weighted by molar-refractivity contribution is 6.35. The number of piperidine rings is 1. The van der Waals surface area contributed by atoms with Crippen LogP contribution >= 0.6 is 11.6 Å². The van der Waals surface area contributed by atoms with Crippen molar-refractivity contribution in [3.05, 3.63) is 111 Å². The second-order valence-corrected chi connectivity index (χ2v) is 17.8. The number of pyridine rings is 1. The van der Waals surface area contributed by atoms with E-state index in [0.717, 1.165) is 31.7 Å². The Hall–Kier alpha value is -5.28. The van der Waals surface area contributed by atoms with Crippen molar-refractivity contribution in [2.75, 3.05) is 64.7 Å². The smallest absolute Gasteiger partial charge is 0.261 e. The molecule has 8 rings (SSSR count). The number of likely N-dealkylation sites (tertiary alicyclic amines) is 1. The number of likely N-dealkylation sites (N-methyl/N-ethyl adjacent to an activating group) is 1. The molecule has 62 heavy (non-hydrogen) atoms. The maximum atomic E-state index is 14.8. The number of amides is 3. The number of nitrogens with one attached hydrogen (secondary N) is 2. The predicted molar refractivity (Wildman–Crippen MR) is 238 cm³/mol. The van der Waals surface area contributed by atoms with Gasteiger partial charge in [0.25, 0.3) is 11.5 Å². The van der Waals surface area contributed by atoms with Gasteiger partial charge in [0.05, 0.1) is 45.6 Å². The molecule has 2 saturated heterocycles. The predicted octanol–water partition coefficient (Wildman–Crippen LogP) is 5.56. The third-order valence-electron chi connectivity index (χ3n) is 12.7. The molecule has 1 atom stereocenters. The number of fused-ring (bicyclic) bond motifs is 2. The minimum Gasteiger partial charge on any atom is -0.388 e. The summed E-state index contributed by atoms with van der Waals surface area (Å²) in [6, 6.07) is 21.5. The van der Waals surface area contributed by atoms with Crippen LogP contribution < -0.4 is 16.2 Å². The van der Waals surface area contributed by atoms with E-state index >= 15 is 0 Å². The third kappa shape index (κ3) is 10.3. The molecule has 3 aromatic carbocycles. The summed E-state index contributed by atoms with van der Waals surface area (Å²) in [4.78, 5) is 68.9. The van der Waals surface area contributed by atoms with Gasteiger partial charge in [-0.05, 0) is 94.0 Å². The summed E-state index contributed by atoms with van der Waals surface area (Å²) in [6.07, 6.45) is 4.83. The van der Waals surface area contributed by atoms with Crippen LogP contribution in [0.25, 0.3) is 21.8 Å². The number of aliphatic hydroxyl groups is 1. The lowest BCUT2D eigenvalue weighted by atomic mass is 9.88. The summed E-state index contributed by atoms with van der Waals surface area (Å²) in [5.41, 5.74) is 0.258. The van der Waals surface area contributed by atoms with Crippen LogP contribution in [-0.2, 0) is 28.2 Å². The number of rotatable bonds is 15. The first-order valence-corrected chi connectivity index (χ1v) is 22.1. The highest BCUT2D eigenvalue weighted by Gasteiger charge is 2.46. The van der Waals surface area contributed by atoms with Gasteiger partial charge < -0.3 is 30.4 Å². The van der Waals surface area contributed by atoms with Crippen LogP contribution in [0.5, 0.6) is 0 Å². The Morgan fingerprint density at radius 2 is 1.65 bits per heavy atom. The minimum atomic E-state index is -1.45. The zero-order chi connectivity index (χ0) is 43.4. The van der Waals surface area contributed by atoms with Crippen LogP contribution in [-0.4, -0.2) is 117 Å². The molecule has 13 nitrogen and oxygen atoms in total. The van der Waals surface area contributed by atoms with Gasteiger partial charge >= 0.3 is 0 Å². The average molecular weight is 865 g/mol. The monoisotopic (exact) mass is 864 g/mol. The van der Waals surface area contributed by atoms with Crippen molar-refractivity contribution in [2.24, 2.45) is 5.92 Å². The van der Waals surface area contributed by atoms with Crippen molar-refractivity contribution in [3.8, 4) is 0 Å². The van der Waals surface area contributed by atoms with Gasteiger partial charge in [-0.3, -0.25) is 23.7 Å². The van der Waals surface area contributed by atoms with Crippen LogP contribution in [0.1, 0.15) is 66.6 Å². The van der Waals surface area contributed by atoms with E-state index in [9.17, 15) is 28.7 Å². The molecule has 3 N–H and O–H groups in total. The molecule has 3 fully saturated rings. The van der Waals surface area contributed by atoms with Gasteiger partial charge in [0, 0.05) is 81.3 Å². The van der Waals surface area contributed by atoms with Crippen molar-refractivity contribution in [3.63, 3.8) is 0 Å². The molecule has 2 aromatic heterocycles. The number of anilines is 1. The number of piperazine rings is 1. The Morgan fingerprint density at radius 1 is 0.903 bits per heavy atom. The van der Waals surface area contributed by atoms with E-state index in [1.807, 2.05) is 30.3 Å². The fourth-order valence-electron chi connectivity index (χ4n) is 8.57. The van der Waals surface area contributed by atoms with E-state index in [1.165, 1.54) is 10.9 Å². The number of carbonyl (C=O) groups is 3. The first-order chi connectivity index (χ1) is 29.8. The summed E-state index contributed by atoms with van der Waals surface area (Å²) >= 11 is 6.43. The molecule has 0 radical (unpaired) electrons. The lowest BCUT2D eigenvalue weighted by molar-refractivity contribution is -0.140. The van der Waals surface area contributed by atoms with E-state index in [0.29, 0.717) is 108 Å². The van der Waals surface area contributed by atoms with Crippen molar-refractivity contribution >= 4 is 56.8 Å². The number of halogens is 2. The molecule has 4 heterocycles. The maximum Gasteiger partial charge on any atom is 0.261 e. The molecule has 1 unspecified atom stereocenters. The molecular formula is C47H54ClFN8O5. The molecule has 1 saturated carbocycles. The Bertz CT molecular complexity index is 2500. The van der Waals surface area contributed by atoms with Gasteiger partial charge in [-0.2, -0.15) is 0 Å². The molecule has 3 amide bonds. The third-order valence-corrected chi connectivity index (χ3v) is 13.0. The maximum absolute atomic E-state index is 14.8. The molecule has 3 aliphatic rings. The lowest BCUT2D eigenvalue weighted by Crippen LogP contribution is -2.51. The Labute approximate surface area is 365 Å². The van der Waals surface area contributed by atoms with Crippen LogP contribution in [0.3, 0.4) is 0 Å². The van der Waals surface area contributed by atoms with Crippen LogP contribution in [0.4, 0.5) is 10.1 Å². The number of benzene rings is 3. The SMILES string of the molecule is CN1CCN(CCC(=O)Nc2ccc3c(=O)n(CC4(O)CCN(C(=O)C(CCCNC(=O)c5ccc6c(Cl)cc(C7(F)CC7)nc6c5)Cc5ccccc5)CC4)cnc3c2)CC1. The van der Waals surface area contributed by atoms with Gasteiger partial charge in [-0.1, -0.05) is 48.0 Å². The number of hydrogen-bond donors (Lipinski definition) is 3. The quantitative estimate of drug-likeness (QED) is 0.115. The number of carbonyl (C=O) groups excluding carboxylic acids is 3. The van der Waals surface area contributed by atoms with Crippen LogP contribution in [0.15, 0.2) is 83.9 Å². The van der Waals surface area contributed by atoms with Gasteiger partial charge in [-0.15, -0.1) is 0 Å². The molecule has 2 aliphatic heterocycles. The summed E-state index contributed by atoms with van der Waals surface area (Å²) in [7, 11) is 2.10. The molecule has 326 valence electrons. The standard InChI is InChI=1S/C47H54ClFN8O5/c1-54-22-24-55(25-23-54)19-13-42(58)52-35-10-12-37-39(28-35)51-31-57(45(37)61)30-46(62)16-20-56(21-17-46)44(60)34(26-32-6-3-2-4-7-32)8-5-18-50-43(59)33-9-11-36-38(48)29-41(47(49)14-15-47)53-40(36)27-33/h2-4,6-7,9-12,27-29,31,34,62H,5,8,13-26,30H2,1H3,(H,50,59)(H,52,58). The van der Waals surface area contributed by atoms with Crippen molar-refractivity contribution in [1.82, 2.24) is 34.6 Å². The summed E-state index contributed by atoms with van der Waals surface area (Å²) in [5.74, 6) is -0.744. The second kappa shape index (κ2) is 18.6. The van der Waals surface area contributed by atoms with Crippen LogP contribution in [0, 0.1) is 5.92 Å². The summed E-state index contributed by atoms with van der Waals surface area (Å²) in [6.45, 7) is 5.60. The van der Waals surface area contributed by atoms with Crippen molar-refractivity contribution in [2.45, 2.75) is 69.2 Å². The molecule has 15 heteroatoms. The van der Waals surface area contributed by atoms with Crippen molar-refractivity contribution < 1.29 is 23.9 Å². The van der Waals surface area contributed by atoms with Gasteiger partial charge in [0.15, 0.2) is 5.67 Å². The fourth-order valence-corrected chi connectivity index (χ4v) is 8.83. The average Bonchev–Trinajstić information content (AvgIpc) is 4.03. The van der Waals surface area contributed by atoms with Crippen molar-refractivity contribution in [1.29, 1.82) is 0 Å². The Balaban J connectivity index is 0.845. The first-order valence-electron chi connectivity index (χ1n) is 21.7. The highest BCUT2D eigenvalue weighted by Crippen LogP contribution is 2.49. The summed E-state index contributed by atoms with van der Waals surface area (Å²) < 4.78 is 16.2. The molecule has 0 spiro atoms. The Kier molecular flexibility index (Phi) is 13.0. The number of hydrogen-bond acceptors (Lipinski definition) is 9. The van der Waals surface area contributed by atoms with E-state index in [4.69, 9.17) is 11.6 Å². The number of aromatic nitrogens is 3. The van der Waals surface area contributed by atoms with E-state index in [1.54, 1.807) is 47.4 Å². The summed E-state index contributed by atoms with van der Waals surface area (Å²) in [5, 5.41) is 19.0. The van der Waals surface area contributed by atoms with Gasteiger partial charge in [0.2, 0.25) is 11.8 Å². The zero-order valence-corrected chi connectivity index (χ0v) is 35.9. The normalized spacial score (nSPS) is 18.1. The van der Waals surface area contributed by atoms with Gasteiger partial charge in [-0.25, -0.2) is 14.4 Å². The molecule has 1 aliphatic carbocycles. The van der Waals surface area contributed by atoms with E-state index < -0.39 is 11.3 Å². The van der Waals surface area contributed by atoms with E-state index in [-0.39, 0.29) is 48.6 Å². The topological polar surface area (TPSA) is 153 Å². The number of nitrogens with zero attached hydrogens (tertiary/aromatic N) is 6. The highest BCUT2D eigenvalue weighted by atomic mass is 35.5. The van der Waals surface area contributed by atoms with Crippen LogP contribution in [0.2, 0.25) is 5.02 Å². The molecule has 0 bridgehead atoms. The minimum absolute atomic E-state index is 0.0106.